The van der Waals surface area contributed by atoms with E-state index in [9.17, 15) is 4.79 Å². The first kappa shape index (κ1) is 21.8. The number of halogens is 1. The van der Waals surface area contributed by atoms with Crippen LogP contribution in [0.1, 0.15) is 22.3 Å². The summed E-state index contributed by atoms with van der Waals surface area (Å²) in [4.78, 5) is 12.6. The van der Waals surface area contributed by atoms with Crippen LogP contribution < -0.4 is 14.8 Å². The number of hydrogen-bond acceptors (Lipinski definition) is 3. The van der Waals surface area contributed by atoms with Crippen LogP contribution in [0.4, 0.5) is 5.69 Å². The average Bonchev–Trinajstić information content (AvgIpc) is 3.17. The highest BCUT2D eigenvalue weighted by atomic mass is 35.5. The SMILES string of the molecule is O=C1Nc2ccc(Cl)cc2/C1=C/c1ccc(OCc2ccccc2)c(OCc2ccccc2)c1. The maximum atomic E-state index is 12.6. The number of fused-ring (bicyclic) bond motifs is 1. The van der Waals surface area contributed by atoms with Gasteiger partial charge in [0, 0.05) is 21.8 Å². The van der Waals surface area contributed by atoms with Crippen molar-refractivity contribution >= 4 is 34.8 Å². The van der Waals surface area contributed by atoms with Crippen molar-refractivity contribution in [2.24, 2.45) is 0 Å². The third-order valence-corrected chi connectivity index (χ3v) is 5.75. The lowest BCUT2D eigenvalue weighted by atomic mass is 10.0. The second-order valence-electron chi connectivity index (χ2n) is 7.96. The average molecular weight is 468 g/mol. The number of carbonyl (C=O) groups is 1. The lowest BCUT2D eigenvalue weighted by Crippen LogP contribution is -2.03. The van der Waals surface area contributed by atoms with E-state index in [1.807, 2.05) is 91.0 Å². The van der Waals surface area contributed by atoms with E-state index in [1.165, 1.54) is 0 Å². The van der Waals surface area contributed by atoms with Crippen molar-refractivity contribution in [2.75, 3.05) is 5.32 Å². The molecule has 1 aliphatic heterocycles. The van der Waals surface area contributed by atoms with Gasteiger partial charge in [-0.25, -0.2) is 0 Å². The lowest BCUT2D eigenvalue weighted by molar-refractivity contribution is -0.110. The Hall–Kier alpha value is -4.02. The summed E-state index contributed by atoms with van der Waals surface area (Å²) in [5, 5.41) is 3.47. The van der Waals surface area contributed by atoms with Gasteiger partial charge in [0.05, 0.1) is 0 Å². The van der Waals surface area contributed by atoms with Gasteiger partial charge >= 0.3 is 0 Å². The monoisotopic (exact) mass is 467 g/mol. The molecule has 5 rings (SSSR count). The summed E-state index contributed by atoms with van der Waals surface area (Å²) in [5.41, 5.74) is 5.05. The molecule has 0 unspecified atom stereocenters. The van der Waals surface area contributed by atoms with Crippen molar-refractivity contribution in [3.8, 4) is 11.5 Å². The van der Waals surface area contributed by atoms with Crippen molar-refractivity contribution in [1.29, 1.82) is 0 Å². The molecule has 1 aliphatic rings. The fourth-order valence-corrected chi connectivity index (χ4v) is 3.96. The molecule has 1 heterocycles. The number of benzene rings is 4. The summed E-state index contributed by atoms with van der Waals surface area (Å²) in [6.45, 7) is 0.832. The zero-order valence-electron chi connectivity index (χ0n) is 18.3. The molecule has 34 heavy (non-hydrogen) atoms. The molecule has 0 atom stereocenters. The summed E-state index contributed by atoms with van der Waals surface area (Å²) < 4.78 is 12.2. The zero-order valence-corrected chi connectivity index (χ0v) is 19.1. The topological polar surface area (TPSA) is 47.6 Å². The van der Waals surface area contributed by atoms with Crippen molar-refractivity contribution in [3.05, 3.63) is 124 Å². The van der Waals surface area contributed by atoms with Gasteiger partial charge in [-0.2, -0.15) is 0 Å². The van der Waals surface area contributed by atoms with Gasteiger partial charge in [-0.15, -0.1) is 0 Å². The van der Waals surface area contributed by atoms with Gasteiger partial charge in [-0.3, -0.25) is 4.79 Å². The molecule has 1 N–H and O–H groups in total. The second kappa shape index (κ2) is 9.86. The van der Waals surface area contributed by atoms with Crippen LogP contribution in [0.3, 0.4) is 0 Å². The van der Waals surface area contributed by atoms with Gasteiger partial charge in [0.15, 0.2) is 11.5 Å². The van der Waals surface area contributed by atoms with Crippen molar-refractivity contribution in [2.45, 2.75) is 13.2 Å². The number of carbonyl (C=O) groups excluding carboxylic acids is 1. The Bertz CT molecular complexity index is 1350. The predicted molar refractivity (Wildman–Crippen MR) is 136 cm³/mol. The summed E-state index contributed by atoms with van der Waals surface area (Å²) in [5.74, 6) is 1.09. The molecule has 0 bridgehead atoms. The maximum Gasteiger partial charge on any atom is 0.256 e. The minimum Gasteiger partial charge on any atom is -0.485 e. The van der Waals surface area contributed by atoms with E-state index in [4.69, 9.17) is 21.1 Å². The van der Waals surface area contributed by atoms with E-state index in [2.05, 4.69) is 5.32 Å². The first-order valence-electron chi connectivity index (χ1n) is 11.0. The smallest absolute Gasteiger partial charge is 0.256 e. The molecule has 0 saturated carbocycles. The number of anilines is 1. The summed E-state index contributed by atoms with van der Waals surface area (Å²) in [7, 11) is 0. The Labute approximate surface area is 203 Å². The minimum absolute atomic E-state index is 0.159. The Morgan fingerprint density at radius 3 is 2.06 bits per heavy atom. The zero-order chi connectivity index (χ0) is 23.3. The molecule has 4 nitrogen and oxygen atoms in total. The number of ether oxygens (including phenoxy) is 2. The van der Waals surface area contributed by atoms with Gasteiger partial charge in [-0.1, -0.05) is 78.3 Å². The molecule has 0 saturated heterocycles. The van der Waals surface area contributed by atoms with E-state index in [0.717, 1.165) is 27.9 Å². The van der Waals surface area contributed by atoms with Gasteiger partial charge in [0.2, 0.25) is 0 Å². The molecule has 5 heteroatoms. The minimum atomic E-state index is -0.159. The summed E-state index contributed by atoms with van der Waals surface area (Å²) in [6.07, 6.45) is 1.84. The molecule has 0 aliphatic carbocycles. The van der Waals surface area contributed by atoms with E-state index >= 15 is 0 Å². The highest BCUT2D eigenvalue weighted by Crippen LogP contribution is 2.36. The van der Waals surface area contributed by atoms with Gasteiger partial charge in [-0.05, 0) is 53.1 Å². The standard InChI is InChI=1S/C29H22ClNO3/c30-23-12-13-26-24(17-23)25(29(32)31-26)15-22-11-14-27(33-18-20-7-3-1-4-8-20)28(16-22)34-19-21-9-5-2-6-10-21/h1-17H,18-19H2,(H,31,32)/b25-15-. The highest BCUT2D eigenvalue weighted by molar-refractivity contribution is 6.36. The molecular weight excluding hydrogens is 446 g/mol. The van der Waals surface area contributed by atoms with Gasteiger partial charge in [0.25, 0.3) is 5.91 Å². The number of rotatable bonds is 7. The van der Waals surface area contributed by atoms with E-state index in [1.54, 1.807) is 12.1 Å². The van der Waals surface area contributed by atoms with E-state index in [0.29, 0.717) is 35.3 Å². The fraction of sp³-hybridized carbons (Fsp3) is 0.0690. The number of amides is 1. The molecule has 1 amide bonds. The van der Waals surface area contributed by atoms with Gasteiger partial charge in [0.1, 0.15) is 13.2 Å². The maximum absolute atomic E-state index is 12.6. The van der Waals surface area contributed by atoms with Crippen molar-refractivity contribution in [1.82, 2.24) is 0 Å². The third kappa shape index (κ3) is 4.98. The summed E-state index contributed by atoms with van der Waals surface area (Å²) >= 11 is 6.17. The Morgan fingerprint density at radius 2 is 1.38 bits per heavy atom. The normalized spacial score (nSPS) is 13.4. The van der Waals surface area contributed by atoms with Crippen LogP contribution >= 0.6 is 11.6 Å². The Morgan fingerprint density at radius 1 is 0.735 bits per heavy atom. The first-order chi connectivity index (χ1) is 16.7. The Balaban J connectivity index is 1.45. The number of nitrogens with one attached hydrogen (secondary N) is 1. The molecule has 4 aromatic carbocycles. The highest BCUT2D eigenvalue weighted by Gasteiger charge is 2.24. The van der Waals surface area contributed by atoms with Crippen LogP contribution in [0.25, 0.3) is 11.6 Å². The lowest BCUT2D eigenvalue weighted by Gasteiger charge is -2.14. The first-order valence-corrected chi connectivity index (χ1v) is 11.3. The fourth-order valence-electron chi connectivity index (χ4n) is 3.79. The van der Waals surface area contributed by atoms with Crippen LogP contribution in [-0.2, 0) is 18.0 Å². The quantitative estimate of drug-likeness (QED) is 0.298. The number of hydrogen-bond donors (Lipinski definition) is 1. The third-order valence-electron chi connectivity index (χ3n) is 5.52. The Kier molecular flexibility index (Phi) is 6.32. The van der Waals surface area contributed by atoms with Gasteiger partial charge < -0.3 is 14.8 Å². The molecule has 0 aromatic heterocycles. The molecular formula is C29H22ClNO3. The van der Waals surface area contributed by atoms with Crippen LogP contribution in [-0.4, -0.2) is 5.91 Å². The largest absolute Gasteiger partial charge is 0.485 e. The summed E-state index contributed by atoms with van der Waals surface area (Å²) in [6, 6.07) is 31.0. The molecule has 168 valence electrons. The second-order valence-corrected chi connectivity index (χ2v) is 8.39. The predicted octanol–water partition coefficient (Wildman–Crippen LogP) is 6.99. The van der Waals surface area contributed by atoms with Crippen LogP contribution in [0.5, 0.6) is 11.5 Å². The van der Waals surface area contributed by atoms with E-state index < -0.39 is 0 Å². The molecule has 0 spiro atoms. The van der Waals surface area contributed by atoms with E-state index in [-0.39, 0.29) is 5.91 Å². The molecule has 0 radical (unpaired) electrons. The van der Waals surface area contributed by atoms with Crippen molar-refractivity contribution in [3.63, 3.8) is 0 Å². The van der Waals surface area contributed by atoms with Crippen LogP contribution in [0, 0.1) is 0 Å². The van der Waals surface area contributed by atoms with Crippen LogP contribution in [0.15, 0.2) is 97.1 Å². The molecule has 0 fully saturated rings. The van der Waals surface area contributed by atoms with Crippen molar-refractivity contribution < 1.29 is 14.3 Å². The molecule has 4 aromatic rings. The van der Waals surface area contributed by atoms with Crippen LogP contribution in [0.2, 0.25) is 5.02 Å².